The number of hydrogen-bond acceptors (Lipinski definition) is 5. The average Bonchev–Trinajstić information content (AvgIpc) is 3.04. The summed E-state index contributed by atoms with van der Waals surface area (Å²) in [6, 6.07) is 3.53. The maximum absolute atomic E-state index is 12.2. The molecule has 2 rings (SSSR count). The molecule has 0 spiro atoms. The lowest BCUT2D eigenvalue weighted by atomic mass is 10.1. The smallest absolute Gasteiger partial charge is 0.266 e. The summed E-state index contributed by atoms with van der Waals surface area (Å²) in [6.07, 6.45) is 5.37. The lowest BCUT2D eigenvalue weighted by Crippen LogP contribution is -2.41. The minimum Gasteiger partial charge on any atom is -0.485 e. The molecule has 0 aliphatic heterocycles. The van der Waals surface area contributed by atoms with Gasteiger partial charge in [0.15, 0.2) is 0 Å². The van der Waals surface area contributed by atoms with Crippen molar-refractivity contribution < 1.29 is 14.1 Å². The Balaban J connectivity index is 2.05. The van der Waals surface area contributed by atoms with E-state index in [1.54, 1.807) is 31.4 Å². The van der Waals surface area contributed by atoms with Crippen LogP contribution in [0.15, 0.2) is 22.0 Å². The number of nitrogens with one attached hydrogen (secondary N) is 1. The summed E-state index contributed by atoms with van der Waals surface area (Å²) in [6.45, 7) is 5.57. The molecule has 21 heavy (non-hydrogen) atoms. The van der Waals surface area contributed by atoms with Gasteiger partial charge in [0.25, 0.3) is 5.91 Å². The van der Waals surface area contributed by atoms with E-state index >= 15 is 0 Å². The van der Waals surface area contributed by atoms with Crippen molar-refractivity contribution in [3.8, 4) is 18.1 Å². The normalized spacial score (nSPS) is 11.0. The Kier molecular flexibility index (Phi) is 4.34. The summed E-state index contributed by atoms with van der Waals surface area (Å²) in [4.78, 5) is 12.7. The molecule has 0 aliphatic rings. The summed E-state index contributed by atoms with van der Waals surface area (Å²) in [7, 11) is 0. The van der Waals surface area contributed by atoms with Crippen molar-refractivity contribution in [1.82, 2.24) is 10.5 Å². The van der Waals surface area contributed by atoms with Crippen LogP contribution in [0.1, 0.15) is 35.0 Å². The van der Waals surface area contributed by atoms with Crippen molar-refractivity contribution in [2.45, 2.75) is 32.9 Å². The maximum Gasteiger partial charge on any atom is 0.266 e. The molecule has 0 saturated heterocycles. The molecule has 0 bridgehead atoms. The molecule has 1 N–H and O–H groups in total. The number of carbonyl (C=O) groups is 1. The number of carbonyl (C=O) groups excluding carboxylic acids is 1. The second-order valence-corrected chi connectivity index (χ2v) is 5.97. The molecule has 0 atom stereocenters. The summed E-state index contributed by atoms with van der Waals surface area (Å²) in [5.74, 6) is 3.49. The molecular formula is C15H16N2O3S. The first-order chi connectivity index (χ1) is 9.91. The fraction of sp³-hybridized carbons (Fsp3) is 0.333. The van der Waals surface area contributed by atoms with E-state index < -0.39 is 5.54 Å². The van der Waals surface area contributed by atoms with E-state index in [0.29, 0.717) is 22.1 Å². The van der Waals surface area contributed by atoms with Gasteiger partial charge in [0.1, 0.15) is 28.7 Å². The van der Waals surface area contributed by atoms with Gasteiger partial charge in [-0.2, -0.15) is 0 Å². The minimum atomic E-state index is -0.707. The molecular weight excluding hydrogens is 288 g/mol. The zero-order valence-electron chi connectivity index (χ0n) is 12.1. The van der Waals surface area contributed by atoms with Crippen LogP contribution in [0.5, 0.6) is 5.75 Å². The van der Waals surface area contributed by atoms with Gasteiger partial charge in [-0.3, -0.25) is 4.79 Å². The predicted molar refractivity (Wildman–Crippen MR) is 80.3 cm³/mol. The SMILES string of the molecule is C#CC(C)(C)NC(=O)c1sccc1OCc1cc(C)on1. The molecule has 0 aromatic carbocycles. The third kappa shape index (κ3) is 3.86. The molecule has 0 fully saturated rings. The number of aryl methyl sites for hydroxylation is 1. The van der Waals surface area contributed by atoms with Crippen LogP contribution in [0.3, 0.4) is 0 Å². The third-order valence-electron chi connectivity index (χ3n) is 2.67. The Morgan fingerprint density at radius 3 is 3.00 bits per heavy atom. The highest BCUT2D eigenvalue weighted by atomic mass is 32.1. The van der Waals surface area contributed by atoms with Crippen LogP contribution in [-0.4, -0.2) is 16.6 Å². The summed E-state index contributed by atoms with van der Waals surface area (Å²) >= 11 is 1.30. The van der Waals surface area contributed by atoms with Crippen molar-refractivity contribution in [1.29, 1.82) is 0 Å². The van der Waals surface area contributed by atoms with Gasteiger partial charge in [-0.05, 0) is 32.2 Å². The standard InChI is InChI=1S/C15H16N2O3S/c1-5-15(3,4)16-14(18)13-12(6-7-21-13)19-9-11-8-10(2)20-17-11/h1,6-8H,9H2,2-4H3,(H,16,18). The fourth-order valence-electron chi connectivity index (χ4n) is 1.59. The molecule has 2 heterocycles. The number of nitrogens with zero attached hydrogens (tertiary/aromatic N) is 1. The number of thiophene rings is 1. The van der Waals surface area contributed by atoms with Crippen LogP contribution in [0.2, 0.25) is 0 Å². The van der Waals surface area contributed by atoms with Gasteiger partial charge in [-0.1, -0.05) is 11.1 Å². The lowest BCUT2D eigenvalue weighted by Gasteiger charge is -2.19. The van der Waals surface area contributed by atoms with E-state index in [9.17, 15) is 4.79 Å². The van der Waals surface area contributed by atoms with Crippen LogP contribution >= 0.6 is 11.3 Å². The van der Waals surface area contributed by atoms with Gasteiger partial charge < -0.3 is 14.6 Å². The predicted octanol–water partition coefficient (Wildman–Crippen LogP) is 2.77. The molecule has 2 aromatic heterocycles. The average molecular weight is 304 g/mol. The zero-order valence-corrected chi connectivity index (χ0v) is 12.9. The largest absolute Gasteiger partial charge is 0.485 e. The van der Waals surface area contributed by atoms with Crippen LogP contribution in [-0.2, 0) is 6.61 Å². The van der Waals surface area contributed by atoms with E-state index in [1.807, 2.05) is 6.92 Å². The summed E-state index contributed by atoms with van der Waals surface area (Å²) in [5.41, 5.74) is -0.0318. The molecule has 1 amide bonds. The van der Waals surface area contributed by atoms with Crippen molar-refractivity contribution in [3.63, 3.8) is 0 Å². The van der Waals surface area contributed by atoms with Crippen molar-refractivity contribution in [3.05, 3.63) is 33.8 Å². The van der Waals surface area contributed by atoms with Gasteiger partial charge >= 0.3 is 0 Å². The van der Waals surface area contributed by atoms with Gasteiger partial charge in [0.05, 0.1) is 5.54 Å². The highest BCUT2D eigenvalue weighted by Crippen LogP contribution is 2.26. The van der Waals surface area contributed by atoms with Gasteiger partial charge in [-0.25, -0.2) is 0 Å². The minimum absolute atomic E-state index is 0.243. The molecule has 0 saturated carbocycles. The van der Waals surface area contributed by atoms with Crippen molar-refractivity contribution in [2.24, 2.45) is 0 Å². The molecule has 110 valence electrons. The Bertz CT molecular complexity index is 679. The van der Waals surface area contributed by atoms with E-state index in [0.717, 1.165) is 0 Å². The number of terminal acetylenes is 1. The highest BCUT2D eigenvalue weighted by Gasteiger charge is 2.22. The lowest BCUT2D eigenvalue weighted by molar-refractivity contribution is 0.0930. The first-order valence-electron chi connectivity index (χ1n) is 6.34. The number of hydrogen-bond donors (Lipinski definition) is 1. The zero-order chi connectivity index (χ0) is 15.5. The molecule has 0 radical (unpaired) electrons. The van der Waals surface area contributed by atoms with Crippen LogP contribution < -0.4 is 10.1 Å². The number of aromatic nitrogens is 1. The van der Waals surface area contributed by atoms with Crippen molar-refractivity contribution >= 4 is 17.2 Å². The Morgan fingerprint density at radius 1 is 1.62 bits per heavy atom. The monoisotopic (exact) mass is 304 g/mol. The Hall–Kier alpha value is -2.26. The second kappa shape index (κ2) is 6.02. The van der Waals surface area contributed by atoms with E-state index in [-0.39, 0.29) is 12.5 Å². The van der Waals surface area contributed by atoms with E-state index in [2.05, 4.69) is 16.4 Å². The van der Waals surface area contributed by atoms with Crippen LogP contribution in [0.4, 0.5) is 0 Å². The van der Waals surface area contributed by atoms with Crippen LogP contribution in [0.25, 0.3) is 0 Å². The van der Waals surface area contributed by atoms with Gasteiger partial charge in [0.2, 0.25) is 0 Å². The number of amides is 1. The quantitative estimate of drug-likeness (QED) is 0.863. The number of ether oxygens (including phenoxy) is 1. The fourth-order valence-corrected chi connectivity index (χ4v) is 2.32. The molecule has 2 aromatic rings. The van der Waals surface area contributed by atoms with Gasteiger partial charge in [0, 0.05) is 6.07 Å². The first-order valence-corrected chi connectivity index (χ1v) is 7.22. The first kappa shape index (κ1) is 15.1. The molecule has 6 heteroatoms. The Morgan fingerprint density at radius 2 is 2.38 bits per heavy atom. The topological polar surface area (TPSA) is 64.4 Å². The van der Waals surface area contributed by atoms with Crippen molar-refractivity contribution in [2.75, 3.05) is 0 Å². The Labute approximate surface area is 127 Å². The summed E-state index contributed by atoms with van der Waals surface area (Å²) < 4.78 is 10.6. The highest BCUT2D eigenvalue weighted by molar-refractivity contribution is 7.12. The molecule has 0 unspecified atom stereocenters. The van der Waals surface area contributed by atoms with E-state index in [1.165, 1.54) is 11.3 Å². The third-order valence-corrected chi connectivity index (χ3v) is 3.57. The maximum atomic E-state index is 12.2. The van der Waals surface area contributed by atoms with Crippen LogP contribution in [0, 0.1) is 19.3 Å². The summed E-state index contributed by atoms with van der Waals surface area (Å²) in [5, 5.41) is 8.40. The molecule has 0 aliphatic carbocycles. The van der Waals surface area contributed by atoms with Gasteiger partial charge in [-0.15, -0.1) is 17.8 Å². The second-order valence-electron chi connectivity index (χ2n) is 5.06. The molecule has 5 nitrogen and oxygen atoms in total. The van der Waals surface area contributed by atoms with E-state index in [4.69, 9.17) is 15.7 Å². The number of rotatable bonds is 5.